The van der Waals surface area contributed by atoms with Crippen molar-refractivity contribution >= 4 is 35.6 Å². The first-order chi connectivity index (χ1) is 11.9. The van der Waals surface area contributed by atoms with E-state index in [9.17, 15) is 28.8 Å². The summed E-state index contributed by atoms with van der Waals surface area (Å²) in [5, 5.41) is 32.0. The van der Waals surface area contributed by atoms with Gasteiger partial charge in [-0.2, -0.15) is 0 Å². The van der Waals surface area contributed by atoms with Gasteiger partial charge >= 0.3 is 17.9 Å². The molecule has 0 aliphatic rings. The van der Waals surface area contributed by atoms with E-state index in [0.29, 0.717) is 0 Å². The summed E-state index contributed by atoms with van der Waals surface area (Å²) in [6.45, 7) is 0.590. The molecular weight excluding hydrogens is 356 g/mol. The Morgan fingerprint density at radius 2 is 1.42 bits per heavy atom. The zero-order valence-corrected chi connectivity index (χ0v) is 13.7. The minimum absolute atomic E-state index is 0.636. The Morgan fingerprint density at radius 3 is 1.88 bits per heavy atom. The Bertz CT molecular complexity index is 592. The molecular formula is C13H20N4O9. The maximum atomic E-state index is 11.8. The second-order valence-electron chi connectivity index (χ2n) is 5.21. The quantitative estimate of drug-likeness (QED) is 0.188. The summed E-state index contributed by atoms with van der Waals surface area (Å²) in [7, 11) is 0. The van der Waals surface area contributed by atoms with Gasteiger partial charge < -0.3 is 37.0 Å². The van der Waals surface area contributed by atoms with Crippen LogP contribution in [0.15, 0.2) is 0 Å². The van der Waals surface area contributed by atoms with Gasteiger partial charge in [0.2, 0.25) is 17.7 Å². The molecule has 0 bridgehead atoms. The van der Waals surface area contributed by atoms with Crippen LogP contribution in [0, 0.1) is 0 Å². The second-order valence-corrected chi connectivity index (χ2v) is 5.21. The zero-order valence-electron chi connectivity index (χ0n) is 13.7. The Hall–Kier alpha value is -3.22. The van der Waals surface area contributed by atoms with Crippen LogP contribution in [-0.2, 0) is 28.8 Å². The molecule has 0 aromatic heterocycles. The van der Waals surface area contributed by atoms with Gasteiger partial charge in [0.25, 0.3) is 0 Å². The zero-order chi connectivity index (χ0) is 20.4. The van der Waals surface area contributed by atoms with Crippen molar-refractivity contribution in [2.75, 3.05) is 6.54 Å². The molecule has 0 aliphatic heterocycles. The molecule has 0 saturated heterocycles. The first kappa shape index (κ1) is 22.8. The minimum atomic E-state index is -1.66. The highest BCUT2D eigenvalue weighted by Gasteiger charge is 2.24. The highest BCUT2D eigenvalue weighted by Crippen LogP contribution is 1.93. The summed E-state index contributed by atoms with van der Waals surface area (Å²) in [6.07, 6.45) is -1.48. The van der Waals surface area contributed by atoms with Crippen LogP contribution < -0.4 is 21.7 Å². The van der Waals surface area contributed by atoms with Crippen LogP contribution in [0.5, 0.6) is 0 Å². The topological polar surface area (TPSA) is 225 Å². The van der Waals surface area contributed by atoms with Crippen molar-refractivity contribution in [3.63, 3.8) is 0 Å². The molecule has 0 aromatic carbocycles. The Morgan fingerprint density at radius 1 is 0.885 bits per heavy atom. The molecule has 3 atom stereocenters. The SMILES string of the molecule is CC(NC(=O)C(N)CC(=O)O)C(=O)NCC(=O)NC(CC(=O)O)C(=O)O. The smallest absolute Gasteiger partial charge is 0.326 e. The standard InChI is InChI=1S/C13H20N4O9/c1-5(16-12(24)6(14)2-9(19)20)11(23)15-4-8(18)17-7(13(25)26)3-10(21)22/h5-7H,2-4,14H2,1H3,(H,15,23)(H,16,24)(H,17,18)(H,19,20)(H,21,22)(H,25,26). The molecule has 3 amide bonds. The molecule has 0 spiro atoms. The lowest BCUT2D eigenvalue weighted by Crippen LogP contribution is -2.52. The fraction of sp³-hybridized carbons (Fsp3) is 0.538. The number of nitrogens with one attached hydrogen (secondary N) is 3. The molecule has 0 aliphatic carbocycles. The van der Waals surface area contributed by atoms with Gasteiger partial charge in [-0.15, -0.1) is 0 Å². The number of rotatable bonds is 11. The molecule has 13 heteroatoms. The van der Waals surface area contributed by atoms with Crippen molar-refractivity contribution < 1.29 is 44.1 Å². The number of hydrogen-bond donors (Lipinski definition) is 7. The summed E-state index contributed by atoms with van der Waals surface area (Å²) < 4.78 is 0. The fourth-order valence-corrected chi connectivity index (χ4v) is 1.61. The van der Waals surface area contributed by atoms with Crippen molar-refractivity contribution in [1.29, 1.82) is 0 Å². The minimum Gasteiger partial charge on any atom is -0.481 e. The summed E-state index contributed by atoms with van der Waals surface area (Å²) in [4.78, 5) is 66.7. The maximum Gasteiger partial charge on any atom is 0.326 e. The number of hydrogen-bond acceptors (Lipinski definition) is 7. The number of aliphatic carboxylic acids is 3. The van der Waals surface area contributed by atoms with Crippen LogP contribution in [0.1, 0.15) is 19.8 Å². The highest BCUT2D eigenvalue weighted by atomic mass is 16.4. The van der Waals surface area contributed by atoms with Crippen LogP contribution in [0.3, 0.4) is 0 Å². The number of carbonyl (C=O) groups excluding carboxylic acids is 3. The van der Waals surface area contributed by atoms with E-state index in [1.807, 2.05) is 5.32 Å². The third-order valence-electron chi connectivity index (χ3n) is 2.92. The Balaban J connectivity index is 4.43. The molecule has 26 heavy (non-hydrogen) atoms. The van der Waals surface area contributed by atoms with E-state index in [1.165, 1.54) is 6.92 Å². The van der Waals surface area contributed by atoms with Crippen LogP contribution in [0.2, 0.25) is 0 Å². The molecule has 146 valence electrons. The molecule has 0 aromatic rings. The lowest BCUT2D eigenvalue weighted by atomic mass is 10.2. The predicted octanol–water partition coefficient (Wildman–Crippen LogP) is -3.55. The number of amides is 3. The lowest BCUT2D eigenvalue weighted by Gasteiger charge is -2.17. The number of carboxylic acids is 3. The molecule has 8 N–H and O–H groups in total. The van der Waals surface area contributed by atoms with Crippen molar-refractivity contribution in [3.8, 4) is 0 Å². The summed E-state index contributed by atoms with van der Waals surface area (Å²) in [5.74, 6) is -6.94. The normalized spacial score (nSPS) is 13.6. The number of carbonyl (C=O) groups is 6. The van der Waals surface area contributed by atoms with E-state index < -0.39 is 73.1 Å². The molecule has 13 nitrogen and oxygen atoms in total. The third-order valence-corrected chi connectivity index (χ3v) is 2.92. The molecule has 3 unspecified atom stereocenters. The Labute approximate surface area is 146 Å². The van der Waals surface area contributed by atoms with Gasteiger partial charge in [-0.25, -0.2) is 4.79 Å². The van der Waals surface area contributed by atoms with Gasteiger partial charge in [0.15, 0.2) is 0 Å². The predicted molar refractivity (Wildman–Crippen MR) is 82.7 cm³/mol. The molecule has 0 saturated carbocycles. The average Bonchev–Trinajstić information content (AvgIpc) is 2.50. The van der Waals surface area contributed by atoms with E-state index in [0.717, 1.165) is 0 Å². The summed E-state index contributed by atoms with van der Waals surface area (Å²) >= 11 is 0. The second kappa shape index (κ2) is 10.6. The van der Waals surface area contributed by atoms with Gasteiger partial charge in [-0.3, -0.25) is 24.0 Å². The monoisotopic (exact) mass is 376 g/mol. The van der Waals surface area contributed by atoms with Crippen molar-refractivity contribution in [3.05, 3.63) is 0 Å². The van der Waals surface area contributed by atoms with Gasteiger partial charge in [0, 0.05) is 0 Å². The maximum absolute atomic E-state index is 11.8. The average molecular weight is 376 g/mol. The van der Waals surface area contributed by atoms with E-state index in [4.69, 9.17) is 21.1 Å². The molecule has 0 rings (SSSR count). The van der Waals surface area contributed by atoms with Gasteiger partial charge in [0.1, 0.15) is 12.1 Å². The molecule has 0 radical (unpaired) electrons. The van der Waals surface area contributed by atoms with Crippen molar-refractivity contribution in [2.24, 2.45) is 5.73 Å². The lowest BCUT2D eigenvalue weighted by molar-refractivity contribution is -0.147. The fourth-order valence-electron chi connectivity index (χ4n) is 1.61. The first-order valence-electron chi connectivity index (χ1n) is 7.23. The van der Waals surface area contributed by atoms with Crippen LogP contribution >= 0.6 is 0 Å². The van der Waals surface area contributed by atoms with E-state index in [2.05, 4.69) is 10.6 Å². The van der Waals surface area contributed by atoms with Gasteiger partial charge in [-0.1, -0.05) is 0 Å². The Kier molecular flexibility index (Phi) is 9.29. The summed E-state index contributed by atoms with van der Waals surface area (Å²) in [6, 6.07) is -4.18. The van der Waals surface area contributed by atoms with Crippen molar-refractivity contribution in [1.82, 2.24) is 16.0 Å². The van der Waals surface area contributed by atoms with Gasteiger partial charge in [0.05, 0.1) is 25.4 Å². The van der Waals surface area contributed by atoms with Crippen LogP contribution in [0.25, 0.3) is 0 Å². The number of nitrogens with two attached hydrogens (primary N) is 1. The third kappa shape index (κ3) is 9.17. The first-order valence-corrected chi connectivity index (χ1v) is 7.23. The van der Waals surface area contributed by atoms with Crippen LogP contribution in [0.4, 0.5) is 0 Å². The van der Waals surface area contributed by atoms with Crippen LogP contribution in [-0.4, -0.2) is 75.6 Å². The van der Waals surface area contributed by atoms with Crippen molar-refractivity contribution in [2.45, 2.75) is 37.9 Å². The molecule has 0 heterocycles. The van der Waals surface area contributed by atoms with E-state index >= 15 is 0 Å². The van der Waals surface area contributed by atoms with E-state index in [1.54, 1.807) is 0 Å². The molecule has 0 fully saturated rings. The number of carboxylic acid groups (broad SMARTS) is 3. The van der Waals surface area contributed by atoms with Gasteiger partial charge in [-0.05, 0) is 6.92 Å². The highest BCUT2D eigenvalue weighted by molar-refractivity contribution is 5.93. The largest absolute Gasteiger partial charge is 0.481 e. The van der Waals surface area contributed by atoms with E-state index in [-0.39, 0.29) is 0 Å². The summed E-state index contributed by atoms with van der Waals surface area (Å²) in [5.41, 5.74) is 5.32.